The summed E-state index contributed by atoms with van der Waals surface area (Å²) < 4.78 is 10.1. The van der Waals surface area contributed by atoms with Crippen LogP contribution in [0.25, 0.3) is 0 Å². The number of aliphatic carboxylic acids is 1. The highest BCUT2D eigenvalue weighted by atomic mass is 19.1. The van der Waals surface area contributed by atoms with Gasteiger partial charge in [0.15, 0.2) is 0 Å². The van der Waals surface area contributed by atoms with Crippen LogP contribution in [0.3, 0.4) is 0 Å². The fourth-order valence-corrected chi connectivity index (χ4v) is 0.123. The minimum Gasteiger partial charge on any atom is -0.478 e. The fraction of sp³-hybridized carbons (Fsp3) is 0.286. The second-order valence-electron chi connectivity index (χ2n) is 1.43. The minimum atomic E-state index is -0.845. The first kappa shape index (κ1) is 11.6. The Morgan fingerprint density at radius 2 is 2.00 bits per heavy atom. The highest BCUT2D eigenvalue weighted by Crippen LogP contribution is 1.87. The number of halogens is 1. The van der Waals surface area contributed by atoms with Crippen LogP contribution >= 0.6 is 0 Å². The van der Waals surface area contributed by atoms with Gasteiger partial charge in [-0.3, -0.25) is 0 Å². The summed E-state index contributed by atoms with van der Waals surface area (Å²) in [5, 5.41) is 8.11. The molecule has 0 atom stereocenters. The lowest BCUT2D eigenvalue weighted by Gasteiger charge is -1.84. The summed E-state index contributed by atoms with van der Waals surface area (Å²) in [4.78, 5) is 9.86. The lowest BCUT2D eigenvalue weighted by molar-refractivity contribution is -0.132. The Morgan fingerprint density at radius 3 is 2.00 bits per heavy atom. The lowest BCUT2D eigenvalue weighted by atomic mass is 10.3. The molecule has 0 bridgehead atoms. The Hall–Kier alpha value is -1.12. The van der Waals surface area contributed by atoms with Gasteiger partial charge in [0.2, 0.25) is 0 Å². The first-order valence-electron chi connectivity index (χ1n) is 2.67. The molecule has 0 amide bonds. The van der Waals surface area contributed by atoms with E-state index in [4.69, 9.17) is 5.11 Å². The van der Waals surface area contributed by atoms with Gasteiger partial charge in [0.05, 0.1) is 6.33 Å². The second-order valence-corrected chi connectivity index (χ2v) is 1.43. The van der Waals surface area contributed by atoms with Gasteiger partial charge in [-0.05, 0) is 13.8 Å². The quantitative estimate of drug-likeness (QED) is 0.575. The number of hydrogen-bond donors (Lipinski definition) is 1. The zero-order chi connectivity index (χ0) is 8.57. The van der Waals surface area contributed by atoms with Crippen LogP contribution < -0.4 is 0 Å². The molecule has 0 aromatic rings. The Morgan fingerprint density at radius 1 is 1.70 bits per heavy atom. The van der Waals surface area contributed by atoms with Gasteiger partial charge in [0, 0.05) is 5.57 Å². The number of hydrogen-bond acceptors (Lipinski definition) is 1. The van der Waals surface area contributed by atoms with E-state index >= 15 is 0 Å². The standard InChI is InChI=1S/C5H8O2.C2H3F/c1-3-4(2)5(6)7;1-2-3/h3H,1-2H3,(H,6,7);2H,1H2. The predicted octanol–water partition coefficient (Wildman–Crippen LogP) is 2.14. The SMILES string of the molecule is C=CF.CC=C(C)C(=O)O. The summed E-state index contributed by atoms with van der Waals surface area (Å²) in [5.74, 6) is -0.845. The van der Waals surface area contributed by atoms with Gasteiger partial charge < -0.3 is 5.11 Å². The van der Waals surface area contributed by atoms with E-state index < -0.39 is 5.97 Å². The van der Waals surface area contributed by atoms with Crippen molar-refractivity contribution in [3.8, 4) is 0 Å². The molecule has 58 valence electrons. The Labute approximate surface area is 59.7 Å². The topological polar surface area (TPSA) is 37.3 Å². The molecule has 0 aliphatic heterocycles. The van der Waals surface area contributed by atoms with E-state index in [2.05, 4.69) is 6.58 Å². The second kappa shape index (κ2) is 7.88. The van der Waals surface area contributed by atoms with Crippen LogP contribution in [0.1, 0.15) is 13.8 Å². The Balaban J connectivity index is 0. The van der Waals surface area contributed by atoms with Gasteiger partial charge in [-0.15, -0.1) is 0 Å². The van der Waals surface area contributed by atoms with Crippen molar-refractivity contribution in [2.45, 2.75) is 13.8 Å². The Bertz CT molecular complexity index is 139. The van der Waals surface area contributed by atoms with Gasteiger partial charge in [0.1, 0.15) is 0 Å². The monoisotopic (exact) mass is 146 g/mol. The molecule has 0 fully saturated rings. The number of rotatable bonds is 1. The molecule has 0 aromatic heterocycles. The molecule has 0 aliphatic rings. The first-order chi connectivity index (χ1) is 4.59. The number of carboxylic acid groups (broad SMARTS) is 1. The largest absolute Gasteiger partial charge is 0.478 e. The Kier molecular flexibility index (Phi) is 9.18. The van der Waals surface area contributed by atoms with E-state index in [9.17, 15) is 9.18 Å². The van der Waals surface area contributed by atoms with Crippen LogP contribution in [-0.4, -0.2) is 11.1 Å². The summed E-state index contributed by atoms with van der Waals surface area (Å²) in [6.07, 6.45) is 1.81. The van der Waals surface area contributed by atoms with Crippen molar-refractivity contribution >= 4 is 5.97 Å². The lowest BCUT2D eigenvalue weighted by Crippen LogP contribution is -1.93. The van der Waals surface area contributed by atoms with Crippen LogP contribution in [0.5, 0.6) is 0 Å². The maximum atomic E-state index is 10.1. The highest BCUT2D eigenvalue weighted by molar-refractivity contribution is 5.85. The van der Waals surface area contributed by atoms with E-state index in [0.29, 0.717) is 5.57 Å². The molecular formula is C7H11FO2. The average molecular weight is 146 g/mol. The molecule has 0 saturated carbocycles. The first-order valence-corrected chi connectivity index (χ1v) is 2.67. The molecule has 3 heteroatoms. The minimum absolute atomic E-state index is 0.250. The van der Waals surface area contributed by atoms with Gasteiger partial charge >= 0.3 is 5.97 Å². The van der Waals surface area contributed by atoms with E-state index in [0.717, 1.165) is 0 Å². The number of carbonyl (C=O) groups is 1. The van der Waals surface area contributed by atoms with Crippen molar-refractivity contribution in [2.24, 2.45) is 0 Å². The van der Waals surface area contributed by atoms with Crippen molar-refractivity contribution in [1.82, 2.24) is 0 Å². The van der Waals surface area contributed by atoms with Gasteiger partial charge in [-0.25, -0.2) is 9.18 Å². The third kappa shape index (κ3) is 9.99. The smallest absolute Gasteiger partial charge is 0.330 e. The summed E-state index contributed by atoms with van der Waals surface area (Å²) >= 11 is 0. The van der Waals surface area contributed by atoms with Gasteiger partial charge in [0.25, 0.3) is 0 Å². The van der Waals surface area contributed by atoms with Crippen molar-refractivity contribution in [3.63, 3.8) is 0 Å². The molecule has 0 spiro atoms. The van der Waals surface area contributed by atoms with Crippen LogP contribution in [0.15, 0.2) is 24.6 Å². The van der Waals surface area contributed by atoms with E-state index in [1.165, 1.54) is 0 Å². The molecule has 0 aliphatic carbocycles. The molecule has 2 nitrogen and oxygen atoms in total. The molecule has 0 heterocycles. The predicted molar refractivity (Wildman–Crippen MR) is 38.4 cm³/mol. The number of carboxylic acids is 1. The molecule has 0 rings (SSSR count). The molecule has 0 aromatic carbocycles. The molecule has 1 N–H and O–H groups in total. The van der Waals surface area contributed by atoms with Crippen molar-refractivity contribution in [1.29, 1.82) is 0 Å². The normalized spacial score (nSPS) is 9.30. The van der Waals surface area contributed by atoms with Crippen molar-refractivity contribution < 1.29 is 14.3 Å². The summed E-state index contributed by atoms with van der Waals surface area (Å²) in [6.45, 7) is 5.95. The highest BCUT2D eigenvalue weighted by Gasteiger charge is 1.93. The van der Waals surface area contributed by atoms with Gasteiger partial charge in [-0.2, -0.15) is 0 Å². The third-order valence-electron chi connectivity index (χ3n) is 0.770. The molecule has 10 heavy (non-hydrogen) atoms. The summed E-state index contributed by atoms with van der Waals surface area (Å²) in [6, 6.07) is 0. The maximum Gasteiger partial charge on any atom is 0.330 e. The van der Waals surface area contributed by atoms with Crippen molar-refractivity contribution in [2.75, 3.05) is 0 Å². The van der Waals surface area contributed by atoms with Gasteiger partial charge in [-0.1, -0.05) is 12.7 Å². The molecular weight excluding hydrogens is 135 g/mol. The third-order valence-corrected chi connectivity index (χ3v) is 0.770. The summed E-state index contributed by atoms with van der Waals surface area (Å²) in [7, 11) is 0. The zero-order valence-corrected chi connectivity index (χ0v) is 6.10. The van der Waals surface area contributed by atoms with E-state index in [1.807, 2.05) is 0 Å². The maximum absolute atomic E-state index is 10.1. The van der Waals surface area contributed by atoms with Crippen LogP contribution in [0.4, 0.5) is 4.39 Å². The van der Waals surface area contributed by atoms with E-state index in [-0.39, 0.29) is 6.33 Å². The number of allylic oxidation sites excluding steroid dienone is 1. The fourth-order valence-electron chi connectivity index (χ4n) is 0.123. The molecule has 0 unspecified atom stereocenters. The summed E-state index contributed by atoms with van der Waals surface area (Å²) in [5.41, 5.74) is 0.389. The van der Waals surface area contributed by atoms with E-state index in [1.54, 1.807) is 19.9 Å². The van der Waals surface area contributed by atoms with Crippen LogP contribution in [0.2, 0.25) is 0 Å². The molecule has 0 saturated heterocycles. The molecule has 0 radical (unpaired) electrons. The van der Waals surface area contributed by atoms with Crippen LogP contribution in [0, 0.1) is 0 Å². The zero-order valence-electron chi connectivity index (χ0n) is 6.10. The average Bonchev–Trinajstić information content (AvgIpc) is 1.88. The van der Waals surface area contributed by atoms with Crippen molar-refractivity contribution in [3.05, 3.63) is 24.6 Å². The van der Waals surface area contributed by atoms with Crippen LogP contribution in [-0.2, 0) is 4.79 Å².